The molecule has 1 rings (SSSR count). The molecule has 1 unspecified atom stereocenters. The number of unbranched alkanes of at least 4 members (excludes halogenated alkanes) is 7. The molecule has 0 aliphatic heterocycles. The van der Waals surface area contributed by atoms with E-state index in [0.29, 0.717) is 6.04 Å². The van der Waals surface area contributed by atoms with Crippen LogP contribution in [0.1, 0.15) is 82.0 Å². The fraction of sp³-hybridized carbons (Fsp3) is 0.722. The van der Waals surface area contributed by atoms with Gasteiger partial charge >= 0.3 is 0 Å². The van der Waals surface area contributed by atoms with Crippen LogP contribution in [0.2, 0.25) is 0 Å². The van der Waals surface area contributed by atoms with E-state index < -0.39 is 0 Å². The third kappa shape index (κ3) is 6.51. The van der Waals surface area contributed by atoms with E-state index in [2.05, 4.69) is 37.3 Å². The van der Waals surface area contributed by atoms with Crippen molar-refractivity contribution < 1.29 is 0 Å². The first-order chi connectivity index (χ1) is 9.79. The van der Waals surface area contributed by atoms with E-state index in [1.807, 2.05) is 12.3 Å². The molecule has 0 aliphatic carbocycles. The molecule has 1 atom stereocenters. The Morgan fingerprint density at radius 1 is 1.05 bits per heavy atom. The molecule has 0 radical (unpaired) electrons. The summed E-state index contributed by atoms with van der Waals surface area (Å²) in [7, 11) is 2.06. The maximum absolute atomic E-state index is 4.39. The van der Waals surface area contributed by atoms with Crippen LogP contribution < -0.4 is 5.32 Å². The van der Waals surface area contributed by atoms with Gasteiger partial charge < -0.3 is 5.32 Å². The Morgan fingerprint density at radius 3 is 2.30 bits per heavy atom. The molecular weight excluding hydrogens is 244 g/mol. The van der Waals surface area contributed by atoms with Crippen molar-refractivity contribution in [3.8, 4) is 0 Å². The quantitative estimate of drug-likeness (QED) is 0.563. The van der Waals surface area contributed by atoms with Crippen molar-refractivity contribution >= 4 is 0 Å². The number of hydrogen-bond acceptors (Lipinski definition) is 2. The molecule has 1 aromatic rings. The monoisotopic (exact) mass is 276 g/mol. The summed E-state index contributed by atoms with van der Waals surface area (Å²) in [5.41, 5.74) is 2.52. The first-order valence-electron chi connectivity index (χ1n) is 8.38. The summed E-state index contributed by atoms with van der Waals surface area (Å²) in [6, 6.07) is 4.71. The van der Waals surface area contributed by atoms with Crippen molar-refractivity contribution in [2.75, 3.05) is 7.05 Å². The zero-order valence-corrected chi connectivity index (χ0v) is 13.6. The van der Waals surface area contributed by atoms with E-state index in [-0.39, 0.29) is 0 Å². The van der Waals surface area contributed by atoms with Crippen LogP contribution in [0.5, 0.6) is 0 Å². The Kier molecular flexibility index (Phi) is 9.31. The summed E-state index contributed by atoms with van der Waals surface area (Å²) in [6.45, 7) is 4.38. The van der Waals surface area contributed by atoms with Crippen LogP contribution in [0.15, 0.2) is 18.3 Å². The molecule has 1 heterocycles. The van der Waals surface area contributed by atoms with Gasteiger partial charge in [0, 0.05) is 17.9 Å². The zero-order chi connectivity index (χ0) is 14.6. The molecule has 1 aromatic heterocycles. The van der Waals surface area contributed by atoms with Gasteiger partial charge in [-0.15, -0.1) is 0 Å². The predicted molar refractivity (Wildman–Crippen MR) is 88.0 cm³/mol. The summed E-state index contributed by atoms with van der Waals surface area (Å²) >= 11 is 0. The second-order valence-electron chi connectivity index (χ2n) is 5.78. The summed E-state index contributed by atoms with van der Waals surface area (Å²) in [5, 5.41) is 3.44. The Morgan fingerprint density at radius 2 is 1.70 bits per heavy atom. The van der Waals surface area contributed by atoms with Gasteiger partial charge in [-0.2, -0.15) is 0 Å². The number of aromatic nitrogens is 1. The maximum Gasteiger partial charge on any atom is 0.0420 e. The Labute approximate surface area is 125 Å². The molecule has 2 heteroatoms. The SMILES string of the molecule is CCCCCCCCCCC(NC)c1cccnc1C. The second-order valence-corrected chi connectivity index (χ2v) is 5.78. The second kappa shape index (κ2) is 10.8. The first kappa shape index (κ1) is 17.2. The van der Waals surface area contributed by atoms with E-state index >= 15 is 0 Å². The highest BCUT2D eigenvalue weighted by Crippen LogP contribution is 2.21. The Balaban J connectivity index is 2.18. The molecule has 1 N–H and O–H groups in total. The van der Waals surface area contributed by atoms with Crippen LogP contribution in [0.25, 0.3) is 0 Å². The molecule has 0 bridgehead atoms. The predicted octanol–water partition coefficient (Wildman–Crippen LogP) is 5.18. The lowest BCUT2D eigenvalue weighted by Gasteiger charge is -2.18. The molecule has 0 spiro atoms. The molecule has 0 amide bonds. The van der Waals surface area contributed by atoms with Gasteiger partial charge in [-0.1, -0.05) is 64.4 Å². The third-order valence-corrected chi connectivity index (χ3v) is 4.12. The van der Waals surface area contributed by atoms with Crippen molar-refractivity contribution in [2.24, 2.45) is 0 Å². The van der Waals surface area contributed by atoms with Crippen molar-refractivity contribution in [1.29, 1.82) is 0 Å². The molecule has 0 aliphatic rings. The summed E-state index contributed by atoms with van der Waals surface area (Å²) < 4.78 is 0. The molecule has 20 heavy (non-hydrogen) atoms. The van der Waals surface area contributed by atoms with Gasteiger partial charge in [-0.3, -0.25) is 4.98 Å². The van der Waals surface area contributed by atoms with E-state index in [1.54, 1.807) is 0 Å². The number of nitrogens with one attached hydrogen (secondary N) is 1. The lowest BCUT2D eigenvalue weighted by Crippen LogP contribution is -2.17. The van der Waals surface area contributed by atoms with Crippen LogP contribution in [0.4, 0.5) is 0 Å². The van der Waals surface area contributed by atoms with E-state index in [9.17, 15) is 0 Å². The number of pyridine rings is 1. The van der Waals surface area contributed by atoms with Crippen LogP contribution in [0, 0.1) is 6.92 Å². The van der Waals surface area contributed by atoms with Gasteiger partial charge in [0.15, 0.2) is 0 Å². The minimum atomic E-state index is 0.462. The molecule has 0 saturated carbocycles. The summed E-state index contributed by atoms with van der Waals surface area (Å²) in [5.74, 6) is 0. The smallest absolute Gasteiger partial charge is 0.0420 e. The van der Waals surface area contributed by atoms with Crippen LogP contribution in [-0.2, 0) is 0 Å². The summed E-state index contributed by atoms with van der Waals surface area (Å²) in [6.07, 6.45) is 14.2. The maximum atomic E-state index is 4.39. The minimum Gasteiger partial charge on any atom is -0.313 e. The average Bonchev–Trinajstić information content (AvgIpc) is 2.47. The van der Waals surface area contributed by atoms with Gasteiger partial charge in [-0.05, 0) is 32.0 Å². The molecule has 0 aromatic carbocycles. The molecule has 0 saturated heterocycles. The first-order valence-corrected chi connectivity index (χ1v) is 8.38. The Bertz CT molecular complexity index is 349. The van der Waals surface area contributed by atoms with Crippen LogP contribution in [0.3, 0.4) is 0 Å². The highest BCUT2D eigenvalue weighted by molar-refractivity contribution is 5.22. The van der Waals surface area contributed by atoms with E-state index in [1.165, 1.54) is 63.4 Å². The van der Waals surface area contributed by atoms with E-state index in [4.69, 9.17) is 0 Å². The van der Waals surface area contributed by atoms with Crippen LogP contribution >= 0.6 is 0 Å². The van der Waals surface area contributed by atoms with E-state index in [0.717, 1.165) is 5.69 Å². The molecular formula is C18H32N2. The standard InChI is InChI=1S/C18H32N2/c1-4-5-6-7-8-9-10-11-14-18(19-3)17-13-12-15-20-16(17)2/h12-13,15,18-19H,4-11,14H2,1-3H3. The topological polar surface area (TPSA) is 24.9 Å². The Hall–Kier alpha value is -0.890. The van der Waals surface area contributed by atoms with Crippen molar-refractivity contribution in [2.45, 2.75) is 77.7 Å². The summed E-state index contributed by atoms with van der Waals surface area (Å²) in [4.78, 5) is 4.39. The van der Waals surface area contributed by atoms with Crippen LogP contribution in [-0.4, -0.2) is 12.0 Å². The van der Waals surface area contributed by atoms with Gasteiger partial charge in [0.1, 0.15) is 0 Å². The number of hydrogen-bond donors (Lipinski definition) is 1. The van der Waals surface area contributed by atoms with Gasteiger partial charge in [0.25, 0.3) is 0 Å². The number of rotatable bonds is 11. The van der Waals surface area contributed by atoms with Gasteiger partial charge in [-0.25, -0.2) is 0 Å². The average molecular weight is 276 g/mol. The lowest BCUT2D eigenvalue weighted by atomic mass is 9.98. The number of aryl methyl sites for hydroxylation is 1. The highest BCUT2D eigenvalue weighted by atomic mass is 14.9. The third-order valence-electron chi connectivity index (χ3n) is 4.12. The molecule has 0 fully saturated rings. The molecule has 114 valence electrons. The zero-order valence-electron chi connectivity index (χ0n) is 13.6. The van der Waals surface area contributed by atoms with Crippen molar-refractivity contribution in [3.63, 3.8) is 0 Å². The normalized spacial score (nSPS) is 12.6. The van der Waals surface area contributed by atoms with Gasteiger partial charge in [0.05, 0.1) is 0 Å². The van der Waals surface area contributed by atoms with Crippen molar-refractivity contribution in [1.82, 2.24) is 10.3 Å². The van der Waals surface area contributed by atoms with Crippen molar-refractivity contribution in [3.05, 3.63) is 29.6 Å². The fourth-order valence-corrected chi connectivity index (χ4v) is 2.80. The fourth-order valence-electron chi connectivity index (χ4n) is 2.80. The molecule has 2 nitrogen and oxygen atoms in total. The number of nitrogens with zero attached hydrogens (tertiary/aromatic N) is 1. The largest absolute Gasteiger partial charge is 0.313 e. The minimum absolute atomic E-state index is 0.462. The van der Waals surface area contributed by atoms with Gasteiger partial charge in [0.2, 0.25) is 0 Å². The lowest BCUT2D eigenvalue weighted by molar-refractivity contribution is 0.492. The highest BCUT2D eigenvalue weighted by Gasteiger charge is 2.11.